The first-order valence-corrected chi connectivity index (χ1v) is 6.85. The molecule has 0 bridgehead atoms. The van der Waals surface area contributed by atoms with Crippen LogP contribution >= 0.6 is 0 Å². The summed E-state index contributed by atoms with van der Waals surface area (Å²) in [6.45, 7) is 3.41. The van der Waals surface area contributed by atoms with Crippen molar-refractivity contribution in [2.45, 2.75) is 20.0 Å². The summed E-state index contributed by atoms with van der Waals surface area (Å²) in [6, 6.07) is 4.00. The number of alkyl halides is 3. The fourth-order valence-electron chi connectivity index (χ4n) is 1.62. The Morgan fingerprint density at radius 1 is 1.09 bits per heavy atom. The molecule has 2 amide bonds. The zero-order chi connectivity index (χ0) is 17.7. The van der Waals surface area contributed by atoms with Crippen LogP contribution in [0.15, 0.2) is 24.3 Å². The molecule has 1 aromatic rings. The molecule has 0 aliphatic rings. The second-order valence-electron chi connectivity index (χ2n) is 5.40. The summed E-state index contributed by atoms with van der Waals surface area (Å²) in [5.41, 5.74) is -2.01. The molecule has 8 heteroatoms. The fourth-order valence-corrected chi connectivity index (χ4v) is 1.62. The Morgan fingerprint density at radius 2 is 1.65 bits per heavy atom. The zero-order valence-corrected chi connectivity index (χ0v) is 13.1. The van der Waals surface area contributed by atoms with E-state index < -0.39 is 29.0 Å². The van der Waals surface area contributed by atoms with Gasteiger partial charge in [-0.2, -0.15) is 13.2 Å². The maximum absolute atomic E-state index is 12.5. The van der Waals surface area contributed by atoms with E-state index in [0.29, 0.717) is 6.61 Å². The van der Waals surface area contributed by atoms with E-state index in [-0.39, 0.29) is 12.2 Å². The molecule has 0 aliphatic heterocycles. The molecule has 0 heterocycles. The number of carbonyl (C=O) groups excluding carboxylic acids is 2. The van der Waals surface area contributed by atoms with Crippen molar-refractivity contribution in [1.29, 1.82) is 0 Å². The minimum absolute atomic E-state index is 0.181. The van der Waals surface area contributed by atoms with Gasteiger partial charge < -0.3 is 15.4 Å². The third-order valence-electron chi connectivity index (χ3n) is 3.20. The van der Waals surface area contributed by atoms with E-state index in [9.17, 15) is 22.8 Å². The van der Waals surface area contributed by atoms with Gasteiger partial charge in [0.2, 0.25) is 11.8 Å². The van der Waals surface area contributed by atoms with Crippen molar-refractivity contribution >= 4 is 17.5 Å². The SMILES string of the molecule is COCCNC(=O)C(C)(C)C(=O)Nc1ccc(C(F)(F)F)cc1. The lowest BCUT2D eigenvalue weighted by molar-refractivity contribution is -0.139. The molecule has 0 fully saturated rings. The topological polar surface area (TPSA) is 67.4 Å². The number of anilines is 1. The molecule has 1 aromatic carbocycles. The summed E-state index contributed by atoms with van der Waals surface area (Å²) in [4.78, 5) is 24.1. The first kappa shape index (κ1) is 19.0. The second kappa shape index (κ2) is 7.45. The standard InChI is InChI=1S/C15H19F3N2O3/c1-14(2,12(21)19-8-9-23-3)13(22)20-11-6-4-10(5-7-11)15(16,17)18/h4-7H,8-9H2,1-3H3,(H,19,21)(H,20,22). The zero-order valence-electron chi connectivity index (χ0n) is 13.1. The van der Waals surface area contributed by atoms with Crippen molar-refractivity contribution in [3.8, 4) is 0 Å². The Bertz CT molecular complexity index is 554. The minimum atomic E-state index is -4.44. The monoisotopic (exact) mass is 332 g/mol. The smallest absolute Gasteiger partial charge is 0.383 e. The molecule has 2 N–H and O–H groups in total. The second-order valence-corrected chi connectivity index (χ2v) is 5.40. The lowest BCUT2D eigenvalue weighted by atomic mass is 9.91. The highest BCUT2D eigenvalue weighted by atomic mass is 19.4. The van der Waals surface area contributed by atoms with Crippen LogP contribution in [0.25, 0.3) is 0 Å². The van der Waals surface area contributed by atoms with Gasteiger partial charge in [0.05, 0.1) is 12.2 Å². The predicted octanol–water partition coefficient (Wildman–Crippen LogP) is 2.43. The largest absolute Gasteiger partial charge is 0.416 e. The van der Waals surface area contributed by atoms with Gasteiger partial charge in [0.15, 0.2) is 0 Å². The summed E-state index contributed by atoms with van der Waals surface area (Å²) in [5.74, 6) is -1.12. The summed E-state index contributed by atoms with van der Waals surface area (Å²) < 4.78 is 42.2. The first-order valence-electron chi connectivity index (χ1n) is 6.85. The number of carbonyl (C=O) groups is 2. The number of amides is 2. The van der Waals surface area contributed by atoms with Crippen LogP contribution in [0.1, 0.15) is 19.4 Å². The highest BCUT2D eigenvalue weighted by molar-refractivity contribution is 6.09. The van der Waals surface area contributed by atoms with E-state index in [2.05, 4.69) is 10.6 Å². The van der Waals surface area contributed by atoms with Crippen LogP contribution in [-0.4, -0.2) is 32.1 Å². The number of benzene rings is 1. The Balaban J connectivity index is 2.72. The van der Waals surface area contributed by atoms with Crippen molar-refractivity contribution in [3.05, 3.63) is 29.8 Å². The van der Waals surface area contributed by atoms with Gasteiger partial charge in [-0.3, -0.25) is 9.59 Å². The van der Waals surface area contributed by atoms with Gasteiger partial charge >= 0.3 is 6.18 Å². The van der Waals surface area contributed by atoms with Gasteiger partial charge in [0, 0.05) is 19.3 Å². The maximum Gasteiger partial charge on any atom is 0.416 e. The van der Waals surface area contributed by atoms with Gasteiger partial charge in [-0.25, -0.2) is 0 Å². The number of rotatable bonds is 6. The first-order chi connectivity index (χ1) is 10.6. The number of ether oxygens (including phenoxy) is 1. The van der Waals surface area contributed by atoms with Gasteiger partial charge in [0.25, 0.3) is 0 Å². The highest BCUT2D eigenvalue weighted by Crippen LogP contribution is 2.30. The van der Waals surface area contributed by atoms with Crippen molar-refractivity contribution in [1.82, 2.24) is 5.32 Å². The van der Waals surface area contributed by atoms with Crippen LogP contribution in [-0.2, 0) is 20.5 Å². The molecule has 0 saturated carbocycles. The highest BCUT2D eigenvalue weighted by Gasteiger charge is 2.36. The average molecular weight is 332 g/mol. The molecular formula is C15H19F3N2O3. The Kier molecular flexibility index (Phi) is 6.14. The third kappa shape index (κ3) is 5.24. The Labute approximate surface area is 132 Å². The lowest BCUT2D eigenvalue weighted by Gasteiger charge is -2.22. The molecule has 23 heavy (non-hydrogen) atoms. The van der Waals surface area contributed by atoms with Gasteiger partial charge in [-0.1, -0.05) is 0 Å². The van der Waals surface area contributed by atoms with E-state index >= 15 is 0 Å². The lowest BCUT2D eigenvalue weighted by Crippen LogP contribution is -2.45. The van der Waals surface area contributed by atoms with Crippen molar-refractivity contribution in [3.63, 3.8) is 0 Å². The van der Waals surface area contributed by atoms with E-state index in [4.69, 9.17) is 4.74 Å². The maximum atomic E-state index is 12.5. The molecule has 0 aromatic heterocycles. The number of hydrogen-bond donors (Lipinski definition) is 2. The minimum Gasteiger partial charge on any atom is -0.383 e. The number of hydrogen-bond acceptors (Lipinski definition) is 3. The molecule has 0 radical (unpaired) electrons. The van der Waals surface area contributed by atoms with Crippen LogP contribution < -0.4 is 10.6 Å². The van der Waals surface area contributed by atoms with Crippen LogP contribution in [0.3, 0.4) is 0 Å². The van der Waals surface area contributed by atoms with Gasteiger partial charge in [-0.05, 0) is 38.1 Å². The predicted molar refractivity (Wildman–Crippen MR) is 78.7 cm³/mol. The van der Waals surface area contributed by atoms with Crippen LogP contribution in [0.4, 0.5) is 18.9 Å². The molecular weight excluding hydrogens is 313 g/mol. The van der Waals surface area contributed by atoms with E-state index in [0.717, 1.165) is 24.3 Å². The van der Waals surface area contributed by atoms with Crippen molar-refractivity contribution in [2.24, 2.45) is 5.41 Å². The summed E-state index contributed by atoms with van der Waals surface area (Å²) >= 11 is 0. The molecule has 0 aliphatic carbocycles. The molecule has 0 unspecified atom stereocenters. The summed E-state index contributed by atoms with van der Waals surface area (Å²) in [6.07, 6.45) is -4.44. The van der Waals surface area contributed by atoms with Gasteiger partial charge in [-0.15, -0.1) is 0 Å². The molecule has 0 atom stereocenters. The molecule has 0 saturated heterocycles. The van der Waals surface area contributed by atoms with Crippen LogP contribution in [0.2, 0.25) is 0 Å². The van der Waals surface area contributed by atoms with Crippen LogP contribution in [0.5, 0.6) is 0 Å². The summed E-state index contributed by atoms with van der Waals surface area (Å²) in [5, 5.41) is 4.98. The van der Waals surface area contributed by atoms with E-state index in [1.165, 1.54) is 21.0 Å². The van der Waals surface area contributed by atoms with E-state index in [1.54, 1.807) is 0 Å². The summed E-state index contributed by atoms with van der Waals surface area (Å²) in [7, 11) is 1.48. The number of nitrogens with one attached hydrogen (secondary N) is 2. The average Bonchev–Trinajstić information content (AvgIpc) is 2.46. The molecule has 0 spiro atoms. The van der Waals surface area contributed by atoms with Crippen LogP contribution in [0, 0.1) is 5.41 Å². The Hall–Kier alpha value is -2.09. The number of methoxy groups -OCH3 is 1. The van der Waals surface area contributed by atoms with Gasteiger partial charge in [0.1, 0.15) is 5.41 Å². The quantitative estimate of drug-likeness (QED) is 0.621. The van der Waals surface area contributed by atoms with Crippen molar-refractivity contribution < 1.29 is 27.5 Å². The fraction of sp³-hybridized carbons (Fsp3) is 0.467. The molecule has 128 valence electrons. The normalized spacial score (nSPS) is 11.9. The van der Waals surface area contributed by atoms with E-state index in [1.807, 2.05) is 0 Å². The molecule has 5 nitrogen and oxygen atoms in total. The third-order valence-corrected chi connectivity index (χ3v) is 3.20. The molecule has 1 rings (SSSR count). The number of halogens is 3. The Morgan fingerprint density at radius 3 is 2.13 bits per heavy atom. The van der Waals surface area contributed by atoms with Crippen molar-refractivity contribution in [2.75, 3.05) is 25.6 Å².